The van der Waals surface area contributed by atoms with Crippen molar-refractivity contribution in [3.05, 3.63) is 82.9 Å². The molecular weight excluding hydrogens is 941 g/mol. The molecule has 6 amide bonds. The van der Waals surface area contributed by atoms with Gasteiger partial charge in [0.05, 0.1) is 35.3 Å². The number of aromatic nitrogens is 4. The van der Waals surface area contributed by atoms with Gasteiger partial charge in [0, 0.05) is 64.5 Å². The molecule has 0 radical (unpaired) electrons. The molecule has 24 heteroatoms. The molecule has 396 valence electrons. The topological polar surface area (TPSA) is 353 Å². The molecule has 6 atom stereocenters. The highest BCUT2D eigenvalue weighted by Gasteiger charge is 2.33. The molecule has 2 aromatic carbocycles. The average molecular weight is 1010 g/mol. The number of hydrogen-bond donors (Lipinski definition) is 12. The molecule has 4 aromatic rings. The predicted octanol–water partition coefficient (Wildman–Crippen LogP) is -1.33. The van der Waals surface area contributed by atoms with E-state index in [1.54, 1.807) is 42.4 Å². The first-order valence-electron chi connectivity index (χ1n) is 24.7. The fraction of sp³-hybridized carbons (Fsp3) is 0.510. The smallest absolute Gasteiger partial charge is 0.261 e. The lowest BCUT2D eigenvalue weighted by atomic mass is 9.97. The van der Waals surface area contributed by atoms with Crippen molar-refractivity contribution in [3.63, 3.8) is 0 Å². The molecule has 3 heterocycles. The quantitative estimate of drug-likeness (QED) is 0.0187. The lowest BCUT2D eigenvalue weighted by molar-refractivity contribution is -0.137. The molecule has 1 aliphatic heterocycles. The summed E-state index contributed by atoms with van der Waals surface area (Å²) in [5.74, 6) is -3.23. The van der Waals surface area contributed by atoms with Crippen LogP contribution in [0.1, 0.15) is 63.6 Å². The highest BCUT2D eigenvalue weighted by Crippen LogP contribution is 2.22. The standard InChI is InChI=1S/C49H72N16O8/c1-5-30(2)42(53-3)46(71)60-38(9-6-7-17-50)48(73)64-21-19-63(20-22-64)33-13-16-36-35(25-33)47(72)65(29-58-36)27-41(67)59-37(10-8-18-56-49(51)52)44(69)62-40(24-32-26-55-28-57-32)45(70)61-39(43(68)54-4)23-31-11-14-34(66)15-12-31/h11-16,25-26,28-30,37-40,42,53,66H,5-10,17-24,27,50H2,1-4H3,(H,54,68)(H,55,57)(H,59,67)(H,60,71)(H,61,70)(H,62,69)(H4,51,52,56)/t30-,37-,38-,39-,40-,42-/m0/s1. The number of phenolic OH excluding ortho intramolecular Hbond substituents is 1. The highest BCUT2D eigenvalue weighted by atomic mass is 16.3. The maximum Gasteiger partial charge on any atom is 0.261 e. The molecule has 0 bridgehead atoms. The number of unbranched alkanes of at least 4 members (excludes halogenated alkanes) is 1. The van der Waals surface area contributed by atoms with Gasteiger partial charge in [0.25, 0.3) is 5.56 Å². The van der Waals surface area contributed by atoms with E-state index in [1.165, 1.54) is 31.8 Å². The number of nitrogens with one attached hydrogen (secondary N) is 9. The van der Waals surface area contributed by atoms with E-state index in [2.05, 4.69) is 52.2 Å². The zero-order chi connectivity index (χ0) is 53.0. The third kappa shape index (κ3) is 16.5. The summed E-state index contributed by atoms with van der Waals surface area (Å²) in [7, 11) is 3.16. The Morgan fingerprint density at radius 3 is 2.12 bits per heavy atom. The Morgan fingerprint density at radius 2 is 1.49 bits per heavy atom. The van der Waals surface area contributed by atoms with Gasteiger partial charge in [-0.25, -0.2) is 9.97 Å². The summed E-state index contributed by atoms with van der Waals surface area (Å²) in [5.41, 5.74) is 12.9. The molecular formula is C49H72N16O8. The number of amides is 6. The van der Waals surface area contributed by atoms with E-state index in [9.17, 15) is 38.7 Å². The number of aromatic hydroxyl groups is 1. The van der Waals surface area contributed by atoms with Crippen molar-refractivity contribution in [2.24, 2.45) is 17.4 Å². The summed E-state index contributed by atoms with van der Waals surface area (Å²) in [6, 6.07) is 6.67. The average Bonchev–Trinajstić information content (AvgIpc) is 3.91. The van der Waals surface area contributed by atoms with Crippen molar-refractivity contribution < 1.29 is 33.9 Å². The van der Waals surface area contributed by atoms with Gasteiger partial charge in [-0.15, -0.1) is 0 Å². The minimum absolute atomic E-state index is 0.0298. The molecule has 2 aromatic heterocycles. The number of carbonyl (C=O) groups excluding carboxylic acids is 6. The number of aromatic amines is 1. The Balaban J connectivity index is 1.28. The fourth-order valence-corrected chi connectivity index (χ4v) is 8.59. The van der Waals surface area contributed by atoms with Gasteiger partial charge < -0.3 is 68.6 Å². The molecule has 1 aliphatic rings. The van der Waals surface area contributed by atoms with Crippen LogP contribution in [0.15, 0.2) is 66.1 Å². The molecule has 1 saturated heterocycles. The molecule has 14 N–H and O–H groups in total. The van der Waals surface area contributed by atoms with Gasteiger partial charge in [0.1, 0.15) is 36.5 Å². The molecule has 1 fully saturated rings. The van der Waals surface area contributed by atoms with Crippen molar-refractivity contribution in [2.75, 3.05) is 58.3 Å². The third-order valence-electron chi connectivity index (χ3n) is 12.9. The number of phenols is 1. The van der Waals surface area contributed by atoms with E-state index >= 15 is 0 Å². The van der Waals surface area contributed by atoms with Crippen LogP contribution in [0.4, 0.5) is 5.69 Å². The summed E-state index contributed by atoms with van der Waals surface area (Å²) < 4.78 is 1.13. The number of piperazine rings is 1. The Kier molecular flexibility index (Phi) is 21.5. The number of carbonyl (C=O) groups is 6. The minimum atomic E-state index is -1.27. The van der Waals surface area contributed by atoms with Gasteiger partial charge in [-0.1, -0.05) is 32.4 Å². The zero-order valence-electron chi connectivity index (χ0n) is 42.0. The molecule has 0 saturated carbocycles. The summed E-state index contributed by atoms with van der Waals surface area (Å²) >= 11 is 0. The third-order valence-corrected chi connectivity index (χ3v) is 12.9. The maximum atomic E-state index is 14.1. The second kappa shape index (κ2) is 27.9. The van der Waals surface area contributed by atoms with Crippen molar-refractivity contribution in [1.29, 1.82) is 5.41 Å². The molecule has 0 unspecified atom stereocenters. The number of fused-ring (bicyclic) bond motifs is 1. The lowest BCUT2D eigenvalue weighted by Gasteiger charge is -2.38. The lowest BCUT2D eigenvalue weighted by Crippen LogP contribution is -2.57. The van der Waals surface area contributed by atoms with Gasteiger partial charge in [0.15, 0.2) is 5.96 Å². The first kappa shape index (κ1) is 56.3. The van der Waals surface area contributed by atoms with E-state index < -0.39 is 65.9 Å². The summed E-state index contributed by atoms with van der Waals surface area (Å²) in [5, 5.41) is 37.0. The van der Waals surface area contributed by atoms with Crippen LogP contribution in [0.5, 0.6) is 5.75 Å². The Hall–Kier alpha value is -7.60. The fourth-order valence-electron chi connectivity index (χ4n) is 8.59. The van der Waals surface area contributed by atoms with E-state index in [0.29, 0.717) is 68.0 Å². The van der Waals surface area contributed by atoms with Gasteiger partial charge in [-0.2, -0.15) is 0 Å². The number of anilines is 1. The van der Waals surface area contributed by atoms with E-state index in [4.69, 9.17) is 16.9 Å². The second-order valence-electron chi connectivity index (χ2n) is 18.2. The van der Waals surface area contributed by atoms with Crippen LogP contribution in [0.3, 0.4) is 0 Å². The highest BCUT2D eigenvalue weighted by molar-refractivity contribution is 5.95. The van der Waals surface area contributed by atoms with Gasteiger partial charge in [-0.05, 0) is 87.5 Å². The zero-order valence-corrected chi connectivity index (χ0v) is 42.0. The Labute approximate surface area is 424 Å². The van der Waals surface area contributed by atoms with Crippen LogP contribution < -0.4 is 59.1 Å². The molecule has 5 rings (SSSR count). The van der Waals surface area contributed by atoms with E-state index in [-0.39, 0.29) is 67.1 Å². The predicted molar refractivity (Wildman–Crippen MR) is 275 cm³/mol. The number of nitrogens with zero attached hydrogens (tertiary/aromatic N) is 5. The van der Waals surface area contributed by atoms with E-state index in [0.717, 1.165) is 17.4 Å². The first-order chi connectivity index (χ1) is 35.0. The second-order valence-corrected chi connectivity index (χ2v) is 18.2. The van der Waals surface area contributed by atoms with Crippen LogP contribution in [0, 0.1) is 11.3 Å². The van der Waals surface area contributed by atoms with Crippen LogP contribution >= 0.6 is 0 Å². The Morgan fingerprint density at radius 1 is 0.822 bits per heavy atom. The summed E-state index contributed by atoms with van der Waals surface area (Å²) in [4.78, 5) is 111. The number of benzene rings is 2. The molecule has 0 aliphatic carbocycles. The van der Waals surface area contributed by atoms with Crippen LogP contribution in [0.25, 0.3) is 10.9 Å². The number of nitrogens with two attached hydrogens (primary N) is 2. The Bertz CT molecular complexity index is 2550. The molecule has 24 nitrogen and oxygen atoms in total. The number of likely N-dealkylation sites (N-methyl/N-ethyl adjacent to an activating group) is 2. The number of H-pyrrole nitrogens is 1. The van der Waals surface area contributed by atoms with Gasteiger partial charge in [-0.3, -0.25) is 43.5 Å². The summed E-state index contributed by atoms with van der Waals surface area (Å²) in [6.07, 6.45) is 7.13. The van der Waals surface area contributed by atoms with Gasteiger partial charge >= 0.3 is 0 Å². The molecule has 0 spiro atoms. The monoisotopic (exact) mass is 1010 g/mol. The summed E-state index contributed by atoms with van der Waals surface area (Å²) in [6.45, 7) is 5.81. The van der Waals surface area contributed by atoms with Crippen molar-refractivity contribution in [3.8, 4) is 5.75 Å². The largest absolute Gasteiger partial charge is 0.508 e. The van der Waals surface area contributed by atoms with Crippen LogP contribution in [-0.4, -0.2) is 155 Å². The number of hydrogen-bond acceptors (Lipinski definition) is 14. The number of guanidine groups is 1. The van der Waals surface area contributed by atoms with Gasteiger partial charge in [0.2, 0.25) is 35.4 Å². The van der Waals surface area contributed by atoms with Crippen molar-refractivity contribution >= 4 is 58.0 Å². The maximum absolute atomic E-state index is 14.1. The van der Waals surface area contributed by atoms with Crippen molar-refractivity contribution in [2.45, 2.75) is 102 Å². The number of rotatable bonds is 27. The SMILES string of the molecule is CC[C@H](C)[C@H](NC)C(=O)N[C@@H](CCCCN)C(=O)N1CCN(c2ccc3ncn(CC(=O)N[C@@H](CCCNC(=N)N)C(=O)N[C@@H](Cc4c[nH]cn4)C(=O)N[C@@H](Cc4ccc(O)cc4)C(=O)NC)c(=O)c3c2)CC1. The minimum Gasteiger partial charge on any atom is -0.508 e. The molecule has 73 heavy (non-hydrogen) atoms. The normalized spacial score (nSPS) is 15.0. The number of imidazole rings is 1. The first-order valence-corrected chi connectivity index (χ1v) is 24.7. The van der Waals surface area contributed by atoms with E-state index in [1.807, 2.05) is 24.8 Å². The van der Waals surface area contributed by atoms with Crippen LogP contribution in [-0.2, 0) is 48.2 Å². The van der Waals surface area contributed by atoms with Crippen LogP contribution in [0.2, 0.25) is 0 Å². The van der Waals surface area contributed by atoms with Crippen molar-refractivity contribution in [1.82, 2.24) is 61.6 Å².